The van der Waals surface area contributed by atoms with Crippen LogP contribution in [0, 0.1) is 17.1 Å². The Hall–Kier alpha value is -3.99. The van der Waals surface area contributed by atoms with Gasteiger partial charge in [-0.25, -0.2) is 18.7 Å². The largest absolute Gasteiger partial charge is 0.487 e. The Bertz CT molecular complexity index is 1630. The third kappa shape index (κ3) is 7.74. The zero-order chi connectivity index (χ0) is 31.3. The Morgan fingerprint density at radius 3 is 2.84 bits per heavy atom. The lowest BCUT2D eigenvalue weighted by atomic mass is 10.0. The second-order valence-electron chi connectivity index (χ2n) is 12.4. The van der Waals surface area contributed by atoms with Gasteiger partial charge in [-0.3, -0.25) is 14.4 Å². The molecular formula is C31H37F2N7O3Si. The van der Waals surface area contributed by atoms with Gasteiger partial charge in [-0.1, -0.05) is 19.6 Å². The highest BCUT2D eigenvalue weighted by Crippen LogP contribution is 2.28. The second-order valence-corrected chi connectivity index (χ2v) is 18.0. The fraction of sp³-hybridized carbons (Fsp3) is 0.452. The van der Waals surface area contributed by atoms with E-state index < -0.39 is 26.2 Å². The van der Waals surface area contributed by atoms with E-state index in [2.05, 4.69) is 40.8 Å². The average molecular weight is 622 g/mol. The number of ether oxygens (including phenoxy) is 2. The number of alkyl halides is 1. The van der Waals surface area contributed by atoms with E-state index in [0.717, 1.165) is 40.5 Å². The van der Waals surface area contributed by atoms with Crippen molar-refractivity contribution in [3.8, 4) is 23.1 Å². The molecule has 4 aromatic rings. The van der Waals surface area contributed by atoms with Gasteiger partial charge in [0.15, 0.2) is 0 Å². The van der Waals surface area contributed by atoms with E-state index in [1.54, 1.807) is 10.9 Å². The van der Waals surface area contributed by atoms with Gasteiger partial charge >= 0.3 is 0 Å². The third-order valence-electron chi connectivity index (χ3n) is 7.71. The number of carbonyl (C=O) groups excluding carboxylic acids is 1. The van der Waals surface area contributed by atoms with E-state index in [1.165, 1.54) is 12.4 Å². The van der Waals surface area contributed by atoms with Crippen molar-refractivity contribution in [3.05, 3.63) is 60.6 Å². The van der Waals surface area contributed by atoms with Crippen LogP contribution in [0.25, 0.3) is 22.3 Å². The molecule has 10 nitrogen and oxygen atoms in total. The van der Waals surface area contributed by atoms with Crippen LogP contribution < -0.4 is 4.74 Å². The summed E-state index contributed by atoms with van der Waals surface area (Å²) in [6.07, 6.45) is 6.04. The van der Waals surface area contributed by atoms with E-state index in [1.807, 2.05) is 27.9 Å². The summed E-state index contributed by atoms with van der Waals surface area (Å²) in [5, 5.41) is 15.0. The Kier molecular flexibility index (Phi) is 9.83. The predicted octanol–water partition coefficient (Wildman–Crippen LogP) is 5.50. The Balaban J connectivity index is 1.23. The van der Waals surface area contributed by atoms with Gasteiger partial charge in [0.25, 0.3) is 0 Å². The van der Waals surface area contributed by atoms with Crippen molar-refractivity contribution in [1.29, 1.82) is 5.26 Å². The molecule has 1 aliphatic heterocycles. The topological polar surface area (TPSA) is 111 Å². The maximum absolute atomic E-state index is 15.2. The molecule has 44 heavy (non-hydrogen) atoms. The van der Waals surface area contributed by atoms with E-state index >= 15 is 4.39 Å². The number of benzene rings is 1. The summed E-state index contributed by atoms with van der Waals surface area (Å²) in [5.74, 6) is -0.485. The summed E-state index contributed by atoms with van der Waals surface area (Å²) in [7, 11) is -1.18. The van der Waals surface area contributed by atoms with Crippen LogP contribution in [0.1, 0.15) is 29.2 Å². The minimum absolute atomic E-state index is 0.0939. The number of piperidine rings is 1. The lowest BCUT2D eigenvalue weighted by Crippen LogP contribution is -2.48. The normalized spacial score (nSPS) is 18.3. The van der Waals surface area contributed by atoms with Crippen LogP contribution in [0.15, 0.2) is 49.2 Å². The van der Waals surface area contributed by atoms with Crippen molar-refractivity contribution >= 4 is 25.4 Å². The Labute approximate surface area is 256 Å². The number of aromatic nitrogens is 5. The van der Waals surface area contributed by atoms with E-state index in [0.29, 0.717) is 39.1 Å². The number of hydrogen-bond donors (Lipinski definition) is 0. The maximum Gasteiger partial charge on any atom is 0.150 e. The molecule has 0 N–H and O–H groups in total. The van der Waals surface area contributed by atoms with Crippen molar-refractivity contribution in [2.45, 2.75) is 63.6 Å². The summed E-state index contributed by atoms with van der Waals surface area (Å²) in [6.45, 7) is 9.12. The van der Waals surface area contributed by atoms with Crippen LogP contribution >= 0.6 is 0 Å². The molecule has 13 heteroatoms. The summed E-state index contributed by atoms with van der Waals surface area (Å²) < 4.78 is 44.3. The molecule has 1 aliphatic rings. The summed E-state index contributed by atoms with van der Waals surface area (Å²) >= 11 is 0. The molecule has 0 spiro atoms. The number of fused-ring (bicyclic) bond motifs is 1. The monoisotopic (exact) mass is 621 g/mol. The van der Waals surface area contributed by atoms with Crippen molar-refractivity contribution < 1.29 is 23.0 Å². The van der Waals surface area contributed by atoms with Crippen molar-refractivity contribution in [3.63, 3.8) is 0 Å². The first kappa shape index (κ1) is 31.4. The van der Waals surface area contributed by atoms with E-state index in [4.69, 9.17) is 9.47 Å². The highest BCUT2D eigenvalue weighted by Gasteiger charge is 2.32. The molecule has 5 rings (SSSR count). The van der Waals surface area contributed by atoms with Crippen LogP contribution in [0.4, 0.5) is 8.78 Å². The van der Waals surface area contributed by atoms with Gasteiger partial charge in [0, 0.05) is 69.3 Å². The van der Waals surface area contributed by atoms with Crippen molar-refractivity contribution in [2.75, 3.05) is 26.2 Å². The van der Waals surface area contributed by atoms with Crippen molar-refractivity contribution in [2.24, 2.45) is 0 Å². The standard InChI is InChI=1S/C31H37F2N7O3Si/c1-44(2,3)11-10-42-21-39-9-5-27-30(35-20-36-31(27)39)23-15-37-40(16-23)25(4-7-34)17-38-8-6-29(28(33)18-38)43-26-13-22(19-41)12-24(32)14-26/h5,9,12-16,19-20,25,28-29H,4,6,8,10-11,17-18,21H2,1-3H3. The summed E-state index contributed by atoms with van der Waals surface area (Å²) in [6, 6.07) is 8.62. The molecule has 4 heterocycles. The summed E-state index contributed by atoms with van der Waals surface area (Å²) in [4.78, 5) is 22.0. The first-order valence-corrected chi connectivity index (χ1v) is 18.4. The van der Waals surface area contributed by atoms with Crippen LogP contribution in [-0.2, 0) is 11.5 Å². The summed E-state index contributed by atoms with van der Waals surface area (Å²) in [5.41, 5.74) is 2.42. The lowest BCUT2D eigenvalue weighted by molar-refractivity contribution is 0.0167. The van der Waals surface area contributed by atoms with E-state index in [-0.39, 0.29) is 30.3 Å². The second kappa shape index (κ2) is 13.8. The first-order chi connectivity index (χ1) is 21.1. The minimum Gasteiger partial charge on any atom is -0.487 e. The fourth-order valence-corrected chi connectivity index (χ4v) is 6.08. The molecule has 0 aliphatic carbocycles. The number of nitriles is 1. The number of carbonyl (C=O) groups is 1. The van der Waals surface area contributed by atoms with Gasteiger partial charge in [0.2, 0.25) is 0 Å². The van der Waals surface area contributed by atoms with Crippen LogP contribution in [0.3, 0.4) is 0 Å². The minimum atomic E-state index is -1.33. The number of hydrogen-bond acceptors (Lipinski definition) is 8. The zero-order valence-electron chi connectivity index (χ0n) is 25.2. The molecular weight excluding hydrogens is 584 g/mol. The quantitative estimate of drug-likeness (QED) is 0.109. The highest BCUT2D eigenvalue weighted by molar-refractivity contribution is 6.76. The number of nitrogens with zero attached hydrogens (tertiary/aromatic N) is 7. The molecule has 3 atom stereocenters. The molecule has 0 radical (unpaired) electrons. The van der Waals surface area contributed by atoms with Gasteiger partial charge in [-0.05, 0) is 30.7 Å². The molecule has 3 aromatic heterocycles. The van der Waals surface area contributed by atoms with Crippen molar-refractivity contribution in [1.82, 2.24) is 29.2 Å². The molecule has 232 valence electrons. The van der Waals surface area contributed by atoms with Gasteiger partial charge in [-0.2, -0.15) is 10.4 Å². The smallest absolute Gasteiger partial charge is 0.150 e. The zero-order valence-corrected chi connectivity index (χ0v) is 26.2. The molecule has 0 saturated carbocycles. The van der Waals surface area contributed by atoms with Gasteiger partial charge in [0.05, 0.1) is 30.4 Å². The van der Waals surface area contributed by atoms with Gasteiger partial charge < -0.3 is 14.0 Å². The first-order valence-electron chi connectivity index (χ1n) is 14.7. The predicted molar refractivity (Wildman–Crippen MR) is 164 cm³/mol. The molecule has 1 fully saturated rings. The van der Waals surface area contributed by atoms with E-state index in [9.17, 15) is 14.4 Å². The number of likely N-dealkylation sites (tertiary alicyclic amines) is 1. The maximum atomic E-state index is 15.2. The number of halogens is 2. The molecule has 1 saturated heterocycles. The molecule has 1 aromatic carbocycles. The SMILES string of the molecule is C[Si](C)(C)CCOCn1ccc2c(-c3cnn(C(CC#N)CN4CCC(Oc5cc(F)cc(C=O)c5)C(F)C4)c3)ncnc21. The van der Waals surface area contributed by atoms with Crippen LogP contribution in [0.5, 0.6) is 5.75 Å². The van der Waals surface area contributed by atoms with Gasteiger partial charge in [-0.15, -0.1) is 0 Å². The molecule has 3 unspecified atom stereocenters. The Morgan fingerprint density at radius 1 is 1.25 bits per heavy atom. The lowest BCUT2D eigenvalue weighted by Gasteiger charge is -2.36. The average Bonchev–Trinajstić information content (AvgIpc) is 3.63. The molecule has 0 bridgehead atoms. The fourth-order valence-electron chi connectivity index (χ4n) is 5.32. The van der Waals surface area contributed by atoms with Gasteiger partial charge in [0.1, 0.15) is 48.8 Å². The highest BCUT2D eigenvalue weighted by atomic mass is 28.3. The number of aldehydes is 1. The number of rotatable bonds is 13. The Morgan fingerprint density at radius 2 is 2.09 bits per heavy atom. The van der Waals surface area contributed by atoms with Crippen LogP contribution in [0.2, 0.25) is 25.7 Å². The van der Waals surface area contributed by atoms with Crippen LogP contribution in [-0.4, -0.2) is 82.1 Å². The molecule has 0 amide bonds. The third-order valence-corrected chi connectivity index (χ3v) is 9.41.